The van der Waals surface area contributed by atoms with Gasteiger partial charge in [0.1, 0.15) is 0 Å². The molecule has 96 valence electrons. The lowest BCUT2D eigenvalue weighted by atomic mass is 10.3. The predicted octanol–water partition coefficient (Wildman–Crippen LogP) is -0.712. The number of morpholine rings is 1. The molecule has 1 saturated heterocycles. The highest BCUT2D eigenvalue weighted by Crippen LogP contribution is 2.16. The molecular formula is C10H11N3O4S. The fourth-order valence-corrected chi connectivity index (χ4v) is 3.02. The number of nitrogens with one attached hydrogen (secondary N) is 1. The van der Waals surface area contributed by atoms with Crippen molar-refractivity contribution in [1.82, 2.24) is 9.29 Å². The zero-order valence-electron chi connectivity index (χ0n) is 9.37. The van der Waals surface area contributed by atoms with Gasteiger partial charge in [-0.1, -0.05) is 0 Å². The van der Waals surface area contributed by atoms with Crippen LogP contribution in [0.25, 0.3) is 0 Å². The first-order valence-corrected chi connectivity index (χ1v) is 6.68. The van der Waals surface area contributed by atoms with Crippen molar-refractivity contribution in [2.24, 2.45) is 0 Å². The molecule has 1 unspecified atom stereocenters. The van der Waals surface area contributed by atoms with Gasteiger partial charge in [-0.15, -0.1) is 0 Å². The number of H-pyrrole nitrogens is 1. The lowest BCUT2D eigenvalue weighted by Crippen LogP contribution is -2.45. The SMILES string of the molecule is N#CC1CN(S(=O)(=O)c2ccc(=O)[nH]c2)CCO1. The van der Waals surface area contributed by atoms with Gasteiger partial charge in [-0.3, -0.25) is 4.79 Å². The summed E-state index contributed by atoms with van der Waals surface area (Å²) in [6.07, 6.45) is 0.394. The molecule has 1 aliphatic rings. The molecule has 1 N–H and O–H groups in total. The second kappa shape index (κ2) is 4.89. The van der Waals surface area contributed by atoms with Crippen molar-refractivity contribution in [2.75, 3.05) is 19.7 Å². The van der Waals surface area contributed by atoms with E-state index >= 15 is 0 Å². The molecule has 8 heteroatoms. The van der Waals surface area contributed by atoms with Crippen molar-refractivity contribution in [3.8, 4) is 6.07 Å². The molecule has 2 rings (SSSR count). The van der Waals surface area contributed by atoms with E-state index in [9.17, 15) is 13.2 Å². The summed E-state index contributed by atoms with van der Waals surface area (Å²) in [5.74, 6) is 0. The van der Waals surface area contributed by atoms with Crippen molar-refractivity contribution in [2.45, 2.75) is 11.0 Å². The zero-order chi connectivity index (χ0) is 13.2. The van der Waals surface area contributed by atoms with Crippen molar-refractivity contribution in [3.05, 3.63) is 28.7 Å². The van der Waals surface area contributed by atoms with Crippen molar-refractivity contribution >= 4 is 10.0 Å². The number of nitrogens with zero attached hydrogens (tertiary/aromatic N) is 2. The van der Waals surface area contributed by atoms with Gasteiger partial charge < -0.3 is 9.72 Å². The Hall–Kier alpha value is -1.69. The summed E-state index contributed by atoms with van der Waals surface area (Å²) in [5.41, 5.74) is -0.370. The van der Waals surface area contributed by atoms with Crippen LogP contribution in [0.15, 0.2) is 28.0 Å². The molecule has 0 bridgehead atoms. The minimum Gasteiger partial charge on any atom is -0.361 e. The predicted molar refractivity (Wildman–Crippen MR) is 61.2 cm³/mol. The highest BCUT2D eigenvalue weighted by molar-refractivity contribution is 7.89. The third-order valence-corrected chi connectivity index (χ3v) is 4.43. The van der Waals surface area contributed by atoms with Gasteiger partial charge in [0, 0.05) is 18.8 Å². The van der Waals surface area contributed by atoms with E-state index in [4.69, 9.17) is 10.00 Å². The van der Waals surface area contributed by atoms with Crippen LogP contribution in [0, 0.1) is 11.3 Å². The Kier molecular flexibility index (Phi) is 3.47. The molecule has 1 atom stereocenters. The third-order valence-electron chi connectivity index (χ3n) is 2.57. The summed E-state index contributed by atoms with van der Waals surface area (Å²) in [6, 6.07) is 4.27. The van der Waals surface area contributed by atoms with Gasteiger partial charge in [-0.2, -0.15) is 9.57 Å². The van der Waals surface area contributed by atoms with Crippen LogP contribution in [0.5, 0.6) is 0 Å². The van der Waals surface area contributed by atoms with Gasteiger partial charge in [-0.25, -0.2) is 8.42 Å². The summed E-state index contributed by atoms with van der Waals surface area (Å²) in [7, 11) is -3.69. The van der Waals surface area contributed by atoms with Crippen LogP contribution in [0.1, 0.15) is 0 Å². The average molecular weight is 269 g/mol. The van der Waals surface area contributed by atoms with Gasteiger partial charge in [-0.05, 0) is 6.07 Å². The second-order valence-electron chi connectivity index (χ2n) is 3.74. The minimum atomic E-state index is -3.69. The topological polar surface area (TPSA) is 103 Å². The smallest absolute Gasteiger partial charge is 0.247 e. The molecule has 1 fully saturated rings. The first-order chi connectivity index (χ1) is 8.54. The molecule has 0 aromatic carbocycles. The molecule has 0 radical (unpaired) electrons. The summed E-state index contributed by atoms with van der Waals surface area (Å²) in [6.45, 7) is 0.373. The molecular weight excluding hydrogens is 258 g/mol. The van der Waals surface area contributed by atoms with Crippen LogP contribution in [0.2, 0.25) is 0 Å². The monoisotopic (exact) mass is 269 g/mol. The summed E-state index contributed by atoms with van der Waals surface area (Å²) in [5, 5.41) is 8.74. The number of pyridine rings is 1. The number of rotatable bonds is 2. The van der Waals surface area contributed by atoms with Gasteiger partial charge in [0.25, 0.3) is 0 Å². The first kappa shape index (κ1) is 12.8. The van der Waals surface area contributed by atoms with E-state index < -0.39 is 16.1 Å². The number of ether oxygens (including phenoxy) is 1. The van der Waals surface area contributed by atoms with Gasteiger partial charge in [0.15, 0.2) is 6.10 Å². The van der Waals surface area contributed by atoms with Crippen LogP contribution in [-0.4, -0.2) is 43.5 Å². The minimum absolute atomic E-state index is 0.000639. The largest absolute Gasteiger partial charge is 0.361 e. The van der Waals surface area contributed by atoms with E-state index in [0.29, 0.717) is 0 Å². The summed E-state index contributed by atoms with van der Waals surface area (Å²) >= 11 is 0. The van der Waals surface area contributed by atoms with E-state index in [-0.39, 0.29) is 30.2 Å². The Morgan fingerprint density at radius 2 is 2.28 bits per heavy atom. The molecule has 7 nitrogen and oxygen atoms in total. The fraction of sp³-hybridized carbons (Fsp3) is 0.400. The Bertz CT molecular complexity index is 611. The molecule has 1 aromatic heterocycles. The van der Waals surface area contributed by atoms with Gasteiger partial charge in [0.05, 0.1) is 24.1 Å². The molecule has 18 heavy (non-hydrogen) atoms. The van der Waals surface area contributed by atoms with E-state index in [1.807, 2.05) is 6.07 Å². The number of nitriles is 1. The highest BCUT2D eigenvalue weighted by Gasteiger charge is 2.30. The molecule has 1 aliphatic heterocycles. The van der Waals surface area contributed by atoms with Crippen LogP contribution in [0.4, 0.5) is 0 Å². The third kappa shape index (κ3) is 2.43. The highest BCUT2D eigenvalue weighted by atomic mass is 32.2. The lowest BCUT2D eigenvalue weighted by molar-refractivity contribution is 0.0311. The lowest BCUT2D eigenvalue weighted by Gasteiger charge is -2.28. The normalized spacial score (nSPS) is 21.4. The fourth-order valence-electron chi connectivity index (χ4n) is 1.63. The van der Waals surface area contributed by atoms with Crippen LogP contribution >= 0.6 is 0 Å². The maximum Gasteiger partial charge on any atom is 0.247 e. The van der Waals surface area contributed by atoms with Crippen molar-refractivity contribution < 1.29 is 13.2 Å². The molecule has 0 aliphatic carbocycles. The van der Waals surface area contributed by atoms with Crippen molar-refractivity contribution in [1.29, 1.82) is 5.26 Å². The van der Waals surface area contributed by atoms with Crippen LogP contribution in [0.3, 0.4) is 0 Å². The number of hydrogen-bond donors (Lipinski definition) is 1. The maximum atomic E-state index is 12.2. The molecule has 1 aromatic rings. The Labute approximate surface area is 104 Å². The second-order valence-corrected chi connectivity index (χ2v) is 5.68. The van der Waals surface area contributed by atoms with Crippen LogP contribution in [-0.2, 0) is 14.8 Å². The first-order valence-electron chi connectivity index (χ1n) is 5.24. The summed E-state index contributed by atoms with van der Waals surface area (Å²) in [4.78, 5) is 13.2. The van der Waals surface area contributed by atoms with Gasteiger partial charge in [0.2, 0.25) is 15.6 Å². The Morgan fingerprint density at radius 3 is 2.89 bits per heavy atom. The van der Waals surface area contributed by atoms with Crippen LogP contribution < -0.4 is 5.56 Å². The van der Waals surface area contributed by atoms with E-state index in [1.165, 1.54) is 10.4 Å². The average Bonchev–Trinajstić information content (AvgIpc) is 2.39. The molecule has 2 heterocycles. The Balaban J connectivity index is 2.28. The number of sulfonamides is 1. The molecule has 0 amide bonds. The Morgan fingerprint density at radius 1 is 1.50 bits per heavy atom. The quantitative estimate of drug-likeness (QED) is 0.763. The molecule has 0 saturated carbocycles. The number of aromatic nitrogens is 1. The maximum absolute atomic E-state index is 12.2. The van der Waals surface area contributed by atoms with E-state index in [1.54, 1.807) is 0 Å². The molecule has 0 spiro atoms. The van der Waals surface area contributed by atoms with Crippen molar-refractivity contribution in [3.63, 3.8) is 0 Å². The zero-order valence-corrected chi connectivity index (χ0v) is 10.2. The number of aromatic amines is 1. The van der Waals surface area contributed by atoms with E-state index in [0.717, 1.165) is 12.3 Å². The van der Waals surface area contributed by atoms with E-state index in [2.05, 4.69) is 4.98 Å². The number of hydrogen-bond acceptors (Lipinski definition) is 5. The van der Waals surface area contributed by atoms with Gasteiger partial charge >= 0.3 is 0 Å². The standard InChI is InChI=1S/C10H11N3O4S/c11-5-8-7-13(3-4-17-8)18(15,16)9-1-2-10(14)12-6-9/h1-2,6,8H,3-4,7H2,(H,12,14). The summed E-state index contributed by atoms with van der Waals surface area (Å²) < 4.78 is 30.7.